The SMILES string of the molecule is CC1(C)c2ccccc2-c2ccc(N(c3ccc(-c4cccc(-c5ccc(-c6ccc(N(c7ccccc7)c7ccccc7)cc6)cc5)c4)cc3)c3ccc(C45CC6CC4CC6C5)cc3)cc21. The molecule has 0 amide bonds. The predicted molar refractivity (Wildman–Crippen MR) is 280 cm³/mol. The van der Waals surface area contributed by atoms with Crippen LogP contribution in [0.5, 0.6) is 0 Å². The van der Waals surface area contributed by atoms with Crippen LogP contribution >= 0.6 is 0 Å². The third kappa shape index (κ3) is 6.60. The summed E-state index contributed by atoms with van der Waals surface area (Å²) in [6.07, 6.45) is 5.71. The summed E-state index contributed by atoms with van der Waals surface area (Å²) in [7, 11) is 0. The van der Waals surface area contributed by atoms with Gasteiger partial charge in [-0.3, -0.25) is 0 Å². The van der Waals surface area contributed by atoms with Crippen LogP contribution in [0.3, 0.4) is 0 Å². The Morgan fingerprint density at radius 2 is 0.761 bits per heavy atom. The fourth-order valence-corrected chi connectivity index (χ4v) is 13.1. The van der Waals surface area contributed by atoms with Crippen molar-refractivity contribution in [2.75, 3.05) is 9.80 Å². The highest BCUT2D eigenvalue weighted by atomic mass is 15.1. The molecular formula is C65H54N2. The Balaban J connectivity index is 0.784. The molecule has 0 radical (unpaired) electrons. The van der Waals surface area contributed by atoms with Crippen LogP contribution in [-0.4, -0.2) is 0 Å². The molecular weight excluding hydrogens is 809 g/mol. The van der Waals surface area contributed by atoms with Crippen LogP contribution in [0.1, 0.15) is 56.2 Å². The van der Waals surface area contributed by atoms with Crippen molar-refractivity contribution < 1.29 is 0 Å². The van der Waals surface area contributed by atoms with Crippen LogP contribution in [0, 0.1) is 17.8 Å². The number of hydrogen-bond donors (Lipinski definition) is 0. The first kappa shape index (κ1) is 39.9. The molecule has 4 fully saturated rings. The molecule has 4 bridgehead atoms. The second kappa shape index (κ2) is 15.6. The predicted octanol–water partition coefficient (Wildman–Crippen LogP) is 17.6. The van der Waals surface area contributed by atoms with Gasteiger partial charge in [-0.2, -0.15) is 0 Å². The van der Waals surface area contributed by atoms with Gasteiger partial charge >= 0.3 is 0 Å². The fourth-order valence-electron chi connectivity index (χ4n) is 13.1. The summed E-state index contributed by atoms with van der Waals surface area (Å²) < 4.78 is 0. The van der Waals surface area contributed by atoms with E-state index in [9.17, 15) is 0 Å². The maximum atomic E-state index is 2.48. The normalized spacial score (nSPS) is 20.2. The van der Waals surface area contributed by atoms with Gasteiger partial charge in [0.15, 0.2) is 0 Å². The van der Waals surface area contributed by atoms with E-state index in [4.69, 9.17) is 0 Å². The lowest BCUT2D eigenvalue weighted by Gasteiger charge is -2.31. The Hall–Kier alpha value is -7.42. The Labute approximate surface area is 395 Å². The molecule has 2 heteroatoms. The molecule has 0 heterocycles. The Bertz CT molecular complexity index is 3210. The van der Waals surface area contributed by atoms with Crippen LogP contribution in [0.2, 0.25) is 0 Å². The summed E-state index contributed by atoms with van der Waals surface area (Å²) in [4.78, 5) is 4.78. The van der Waals surface area contributed by atoms with Crippen LogP contribution < -0.4 is 9.80 Å². The highest BCUT2D eigenvalue weighted by Crippen LogP contribution is 2.70. The van der Waals surface area contributed by atoms with E-state index < -0.39 is 0 Å². The van der Waals surface area contributed by atoms with Gasteiger partial charge < -0.3 is 9.80 Å². The minimum absolute atomic E-state index is 0.0757. The smallest absolute Gasteiger partial charge is 0.0465 e. The first-order valence-corrected chi connectivity index (χ1v) is 24.4. The lowest BCUT2D eigenvalue weighted by molar-refractivity contribution is 0.371. The topological polar surface area (TPSA) is 6.48 Å². The molecule has 0 aliphatic heterocycles. The molecule has 0 saturated heterocycles. The molecule has 2 atom stereocenters. The summed E-state index contributed by atoms with van der Waals surface area (Å²) >= 11 is 0. The molecule has 9 aromatic carbocycles. The van der Waals surface area contributed by atoms with Crippen molar-refractivity contribution >= 4 is 34.1 Å². The summed E-state index contributed by atoms with van der Waals surface area (Å²) in [6.45, 7) is 4.76. The molecule has 67 heavy (non-hydrogen) atoms. The van der Waals surface area contributed by atoms with Crippen LogP contribution in [-0.2, 0) is 10.8 Å². The zero-order valence-corrected chi connectivity index (χ0v) is 38.3. The van der Waals surface area contributed by atoms with Gasteiger partial charge in [0.1, 0.15) is 0 Å². The minimum atomic E-state index is -0.0757. The van der Waals surface area contributed by atoms with Gasteiger partial charge in [-0.15, -0.1) is 0 Å². The number of nitrogens with zero attached hydrogens (tertiary/aromatic N) is 2. The number of para-hydroxylation sites is 2. The first-order valence-electron chi connectivity index (χ1n) is 24.4. The quantitative estimate of drug-likeness (QED) is 0.135. The molecule has 4 saturated carbocycles. The molecule has 5 aliphatic rings. The molecule has 5 aliphatic carbocycles. The highest BCUT2D eigenvalue weighted by molar-refractivity contribution is 5.86. The van der Waals surface area contributed by atoms with Crippen molar-refractivity contribution in [3.63, 3.8) is 0 Å². The lowest BCUT2D eigenvalue weighted by Crippen LogP contribution is -2.24. The number of anilines is 6. The van der Waals surface area contributed by atoms with E-state index in [0.717, 1.165) is 34.8 Å². The Morgan fingerprint density at radius 1 is 0.343 bits per heavy atom. The van der Waals surface area contributed by atoms with E-state index in [1.165, 1.54) is 98.4 Å². The van der Waals surface area contributed by atoms with E-state index in [2.05, 4.69) is 248 Å². The van der Waals surface area contributed by atoms with Crippen LogP contribution in [0.4, 0.5) is 34.1 Å². The molecule has 324 valence electrons. The molecule has 2 unspecified atom stereocenters. The maximum absolute atomic E-state index is 2.48. The van der Waals surface area contributed by atoms with Crippen molar-refractivity contribution in [2.24, 2.45) is 17.8 Å². The van der Waals surface area contributed by atoms with E-state index in [1.807, 2.05) is 0 Å². The van der Waals surface area contributed by atoms with Crippen molar-refractivity contribution in [3.8, 4) is 44.5 Å². The standard InChI is InChI=1S/C65H54N2/c1-64(2)62-19-10-9-18-60(62)61-37-36-59(41-63(61)64)67(58-34-28-52(29-35-58)65-42-50-39-53(65)40-51(50)43-65)57-32-26-47(27-33-57)49-13-11-12-48(38-49)46-22-20-44(21-23-46)45-24-30-56(31-25-45)66(54-14-5-3-6-15-54)55-16-7-4-8-17-55/h3-38,41,50-51,53H,39-40,42-43H2,1-2H3. The second-order valence-electron chi connectivity index (χ2n) is 20.3. The van der Waals surface area contributed by atoms with Gasteiger partial charge in [0.25, 0.3) is 0 Å². The van der Waals surface area contributed by atoms with Gasteiger partial charge in [-0.25, -0.2) is 0 Å². The van der Waals surface area contributed by atoms with Gasteiger partial charge in [-0.05, 0) is 189 Å². The highest BCUT2D eigenvalue weighted by Gasteiger charge is 2.63. The van der Waals surface area contributed by atoms with Crippen molar-refractivity contribution in [1.29, 1.82) is 0 Å². The second-order valence-corrected chi connectivity index (χ2v) is 20.3. The fraction of sp³-hybridized carbons (Fsp3) is 0.169. The van der Waals surface area contributed by atoms with Crippen LogP contribution in [0.15, 0.2) is 224 Å². The van der Waals surface area contributed by atoms with Crippen molar-refractivity contribution in [1.82, 2.24) is 0 Å². The zero-order chi connectivity index (χ0) is 44.7. The molecule has 9 aromatic rings. The zero-order valence-electron chi connectivity index (χ0n) is 38.3. The van der Waals surface area contributed by atoms with E-state index in [-0.39, 0.29) is 5.41 Å². The first-order chi connectivity index (χ1) is 32.9. The maximum Gasteiger partial charge on any atom is 0.0465 e. The summed E-state index contributed by atoms with van der Waals surface area (Å²) in [5, 5.41) is 0. The van der Waals surface area contributed by atoms with Crippen LogP contribution in [0.25, 0.3) is 44.5 Å². The molecule has 0 aromatic heterocycles. The molecule has 14 rings (SSSR count). The number of fused-ring (bicyclic) bond motifs is 3. The van der Waals surface area contributed by atoms with E-state index >= 15 is 0 Å². The van der Waals surface area contributed by atoms with Gasteiger partial charge in [0.2, 0.25) is 0 Å². The monoisotopic (exact) mass is 862 g/mol. The van der Waals surface area contributed by atoms with Gasteiger partial charge in [0, 0.05) is 39.5 Å². The average molecular weight is 863 g/mol. The van der Waals surface area contributed by atoms with Crippen molar-refractivity contribution in [2.45, 2.75) is 50.4 Å². The van der Waals surface area contributed by atoms with E-state index in [0.29, 0.717) is 5.41 Å². The molecule has 0 spiro atoms. The van der Waals surface area contributed by atoms with Gasteiger partial charge in [0.05, 0.1) is 0 Å². The Morgan fingerprint density at radius 3 is 1.28 bits per heavy atom. The van der Waals surface area contributed by atoms with Crippen molar-refractivity contribution in [3.05, 3.63) is 241 Å². The third-order valence-corrected chi connectivity index (χ3v) is 16.4. The summed E-state index contributed by atoms with van der Waals surface area (Å²) in [6, 6.07) is 83.1. The lowest BCUT2D eigenvalue weighted by atomic mass is 9.75. The average Bonchev–Trinajstić information content (AvgIpc) is 4.19. The largest absolute Gasteiger partial charge is 0.311 e. The van der Waals surface area contributed by atoms with E-state index in [1.54, 1.807) is 5.56 Å². The summed E-state index contributed by atoms with van der Waals surface area (Å²) in [5.41, 5.74) is 21.6. The van der Waals surface area contributed by atoms with Gasteiger partial charge in [-0.1, -0.05) is 159 Å². The number of hydrogen-bond acceptors (Lipinski definition) is 2. The molecule has 0 N–H and O–H groups in total. The minimum Gasteiger partial charge on any atom is -0.311 e. The number of rotatable bonds is 10. The summed E-state index contributed by atoms with van der Waals surface area (Å²) in [5.74, 6) is 2.82. The number of benzene rings is 9. The molecule has 2 nitrogen and oxygen atoms in total. The Kier molecular flexibility index (Phi) is 9.29. The third-order valence-electron chi connectivity index (χ3n) is 16.4.